The van der Waals surface area contributed by atoms with Crippen LogP contribution in [0.1, 0.15) is 52.1 Å². The van der Waals surface area contributed by atoms with Crippen LogP contribution < -0.4 is 10.2 Å². The molecule has 2 aromatic heterocycles. The highest BCUT2D eigenvalue weighted by molar-refractivity contribution is 6.01. The summed E-state index contributed by atoms with van der Waals surface area (Å²) in [6.45, 7) is 5.93. The molecule has 4 rings (SSSR count). The van der Waals surface area contributed by atoms with Crippen LogP contribution in [-0.4, -0.2) is 38.6 Å². The largest absolute Gasteiger partial charge is 0.384 e. The first kappa shape index (κ1) is 18.8. The number of fused-ring (bicyclic) bond motifs is 1. The molecule has 0 atom stereocenters. The van der Waals surface area contributed by atoms with E-state index in [1.165, 1.54) is 0 Å². The molecule has 1 saturated carbocycles. The number of pyridine rings is 1. The predicted octanol–water partition coefficient (Wildman–Crippen LogP) is 3.10. The standard InChI is InChI=1S/C21H27N5O2/c1-13-4-7-15(8-5-13)26-18(27)12-24-19-20(26)25-16(11-23-19)14-6-9-17(22-10-14)21(2,3)28/h6,9-11,13,15,28H,4-5,7-8,12H2,1-3H3,(H,23,24). The maximum Gasteiger partial charge on any atom is 0.247 e. The monoisotopic (exact) mass is 381 g/mol. The van der Waals surface area contributed by atoms with E-state index in [4.69, 9.17) is 4.98 Å². The van der Waals surface area contributed by atoms with Crippen molar-refractivity contribution in [3.05, 3.63) is 30.2 Å². The molecule has 2 aliphatic rings. The Morgan fingerprint density at radius 2 is 1.89 bits per heavy atom. The molecule has 7 nitrogen and oxygen atoms in total. The first-order valence-electron chi connectivity index (χ1n) is 9.95. The van der Waals surface area contributed by atoms with Crippen LogP contribution in [0.25, 0.3) is 11.3 Å². The zero-order chi connectivity index (χ0) is 19.9. The molecule has 2 N–H and O–H groups in total. The lowest BCUT2D eigenvalue weighted by Gasteiger charge is -2.38. The summed E-state index contributed by atoms with van der Waals surface area (Å²) in [5, 5.41) is 13.2. The number of hydrogen-bond donors (Lipinski definition) is 2. The van der Waals surface area contributed by atoms with Gasteiger partial charge in [0.15, 0.2) is 11.6 Å². The summed E-state index contributed by atoms with van der Waals surface area (Å²) in [7, 11) is 0. The Kier molecular flexibility index (Phi) is 4.79. The topological polar surface area (TPSA) is 91.2 Å². The minimum absolute atomic E-state index is 0.0500. The predicted molar refractivity (Wildman–Crippen MR) is 108 cm³/mol. The second kappa shape index (κ2) is 7.13. The average Bonchev–Trinajstić information content (AvgIpc) is 2.68. The lowest BCUT2D eigenvalue weighted by Crippen LogP contribution is -2.48. The van der Waals surface area contributed by atoms with Crippen molar-refractivity contribution in [2.45, 2.75) is 58.1 Å². The van der Waals surface area contributed by atoms with Gasteiger partial charge in [0.05, 0.1) is 24.1 Å². The van der Waals surface area contributed by atoms with E-state index >= 15 is 0 Å². The number of aliphatic hydroxyl groups is 1. The first-order valence-corrected chi connectivity index (χ1v) is 9.95. The lowest BCUT2D eigenvalue weighted by atomic mass is 9.86. The number of carbonyl (C=O) groups is 1. The molecule has 1 fully saturated rings. The van der Waals surface area contributed by atoms with Gasteiger partial charge in [-0.05, 0) is 57.6 Å². The summed E-state index contributed by atoms with van der Waals surface area (Å²) in [5.74, 6) is 2.03. The molecule has 2 aromatic rings. The van der Waals surface area contributed by atoms with E-state index < -0.39 is 5.60 Å². The highest BCUT2D eigenvalue weighted by Crippen LogP contribution is 2.35. The Balaban J connectivity index is 1.67. The average molecular weight is 381 g/mol. The molecule has 1 aliphatic carbocycles. The number of nitrogens with zero attached hydrogens (tertiary/aromatic N) is 4. The van der Waals surface area contributed by atoms with Crippen molar-refractivity contribution < 1.29 is 9.90 Å². The number of anilines is 2. The normalized spacial score (nSPS) is 22.6. The van der Waals surface area contributed by atoms with Gasteiger partial charge in [0.25, 0.3) is 0 Å². The van der Waals surface area contributed by atoms with Crippen molar-refractivity contribution in [1.82, 2.24) is 15.0 Å². The number of amides is 1. The second-order valence-corrected chi connectivity index (χ2v) is 8.45. The van der Waals surface area contributed by atoms with Gasteiger partial charge < -0.3 is 10.4 Å². The zero-order valence-electron chi connectivity index (χ0n) is 16.6. The summed E-state index contributed by atoms with van der Waals surface area (Å²) < 4.78 is 0. The van der Waals surface area contributed by atoms with E-state index in [1.807, 2.05) is 11.0 Å². The Bertz CT molecular complexity index is 867. The zero-order valence-corrected chi connectivity index (χ0v) is 16.6. The van der Waals surface area contributed by atoms with Crippen molar-refractivity contribution in [2.75, 3.05) is 16.8 Å². The molecule has 0 radical (unpaired) electrons. The quantitative estimate of drug-likeness (QED) is 0.849. The summed E-state index contributed by atoms with van der Waals surface area (Å²) in [4.78, 5) is 28.2. The van der Waals surface area contributed by atoms with Gasteiger partial charge >= 0.3 is 0 Å². The fraction of sp³-hybridized carbons (Fsp3) is 0.524. The minimum atomic E-state index is -0.995. The van der Waals surface area contributed by atoms with Crippen molar-refractivity contribution in [3.8, 4) is 11.3 Å². The Hall–Kier alpha value is -2.54. The van der Waals surface area contributed by atoms with Crippen LogP contribution in [0.3, 0.4) is 0 Å². The van der Waals surface area contributed by atoms with Crippen LogP contribution in [0.4, 0.5) is 11.6 Å². The molecule has 0 bridgehead atoms. The van der Waals surface area contributed by atoms with E-state index in [9.17, 15) is 9.90 Å². The van der Waals surface area contributed by atoms with Gasteiger partial charge in [-0.3, -0.25) is 14.7 Å². The summed E-state index contributed by atoms with van der Waals surface area (Å²) >= 11 is 0. The van der Waals surface area contributed by atoms with Crippen LogP contribution in [0.2, 0.25) is 0 Å². The van der Waals surface area contributed by atoms with Gasteiger partial charge in [-0.15, -0.1) is 0 Å². The van der Waals surface area contributed by atoms with Gasteiger partial charge in [-0.1, -0.05) is 6.92 Å². The lowest BCUT2D eigenvalue weighted by molar-refractivity contribution is -0.117. The second-order valence-electron chi connectivity index (χ2n) is 8.45. The van der Waals surface area contributed by atoms with Crippen molar-refractivity contribution in [1.29, 1.82) is 0 Å². The van der Waals surface area contributed by atoms with Crippen LogP contribution in [0.15, 0.2) is 24.5 Å². The van der Waals surface area contributed by atoms with Crippen LogP contribution in [-0.2, 0) is 10.4 Å². The molecule has 0 saturated heterocycles. The fourth-order valence-electron chi connectivity index (χ4n) is 3.96. The van der Waals surface area contributed by atoms with Gasteiger partial charge in [0.2, 0.25) is 5.91 Å². The summed E-state index contributed by atoms with van der Waals surface area (Å²) in [5.41, 5.74) is 1.07. The molecule has 148 valence electrons. The van der Waals surface area contributed by atoms with E-state index in [2.05, 4.69) is 22.2 Å². The van der Waals surface area contributed by atoms with Gasteiger partial charge in [0.1, 0.15) is 5.60 Å². The number of aromatic nitrogens is 3. The highest BCUT2D eigenvalue weighted by atomic mass is 16.3. The van der Waals surface area contributed by atoms with Crippen molar-refractivity contribution in [2.24, 2.45) is 5.92 Å². The number of hydrogen-bond acceptors (Lipinski definition) is 6. The van der Waals surface area contributed by atoms with Gasteiger partial charge in [-0.2, -0.15) is 0 Å². The van der Waals surface area contributed by atoms with E-state index in [0.717, 1.165) is 31.2 Å². The van der Waals surface area contributed by atoms with E-state index in [-0.39, 0.29) is 18.5 Å². The maximum absolute atomic E-state index is 12.7. The smallest absolute Gasteiger partial charge is 0.247 e. The molecule has 0 aromatic carbocycles. The molecule has 0 unspecified atom stereocenters. The van der Waals surface area contributed by atoms with Crippen LogP contribution in [0.5, 0.6) is 0 Å². The molecule has 3 heterocycles. The highest BCUT2D eigenvalue weighted by Gasteiger charge is 2.34. The van der Waals surface area contributed by atoms with Gasteiger partial charge in [0, 0.05) is 17.8 Å². The third-order valence-electron chi connectivity index (χ3n) is 5.69. The van der Waals surface area contributed by atoms with Gasteiger partial charge in [-0.25, -0.2) is 9.97 Å². The summed E-state index contributed by atoms with van der Waals surface area (Å²) in [6, 6.07) is 3.85. The molecule has 1 amide bonds. The van der Waals surface area contributed by atoms with Crippen molar-refractivity contribution in [3.63, 3.8) is 0 Å². The Morgan fingerprint density at radius 3 is 2.54 bits per heavy atom. The minimum Gasteiger partial charge on any atom is -0.384 e. The Morgan fingerprint density at radius 1 is 1.14 bits per heavy atom. The fourth-order valence-corrected chi connectivity index (χ4v) is 3.96. The van der Waals surface area contributed by atoms with Crippen LogP contribution >= 0.6 is 0 Å². The molecule has 7 heteroatoms. The van der Waals surface area contributed by atoms with E-state index in [0.29, 0.717) is 28.9 Å². The number of rotatable bonds is 3. The van der Waals surface area contributed by atoms with E-state index in [1.54, 1.807) is 32.3 Å². The molecule has 1 aliphatic heterocycles. The number of nitrogens with one attached hydrogen (secondary N) is 1. The number of carbonyl (C=O) groups excluding carboxylic acids is 1. The third kappa shape index (κ3) is 3.58. The molecule has 28 heavy (non-hydrogen) atoms. The third-order valence-corrected chi connectivity index (χ3v) is 5.69. The molecule has 0 spiro atoms. The first-order chi connectivity index (χ1) is 13.3. The van der Waals surface area contributed by atoms with Crippen LogP contribution in [0, 0.1) is 5.92 Å². The SMILES string of the molecule is CC1CCC(N2C(=O)CNc3ncc(-c4ccc(C(C)(C)O)nc4)nc32)CC1. The van der Waals surface area contributed by atoms with Crippen molar-refractivity contribution >= 4 is 17.5 Å². The maximum atomic E-state index is 12.7. The Labute approximate surface area is 165 Å². The molecular weight excluding hydrogens is 354 g/mol. The molecular formula is C21H27N5O2. The summed E-state index contributed by atoms with van der Waals surface area (Å²) in [6.07, 6.45) is 7.65.